The van der Waals surface area contributed by atoms with E-state index >= 15 is 0 Å². The van der Waals surface area contributed by atoms with Gasteiger partial charge >= 0.3 is 0 Å². The molecule has 0 radical (unpaired) electrons. The number of hydrogen-bond donors (Lipinski definition) is 1. The molecular weight excluding hydrogens is 184 g/mol. The van der Waals surface area contributed by atoms with Crippen LogP contribution in [0.2, 0.25) is 0 Å². The second-order valence-corrected chi connectivity index (χ2v) is 5.10. The Bertz CT molecular complexity index is 205. The van der Waals surface area contributed by atoms with Gasteiger partial charge in [0, 0.05) is 19.0 Å². The van der Waals surface area contributed by atoms with Crippen LogP contribution < -0.4 is 0 Å². The highest BCUT2D eigenvalue weighted by atomic mass is 15.2. The van der Waals surface area contributed by atoms with Gasteiger partial charge in [0.15, 0.2) is 0 Å². The standard InChI is InChI=1S/C13H24N2/c14-13-10-6-7-11-15(13)12-8-4-2-1-3-5-9-12/h12,14H,1-11H2. The van der Waals surface area contributed by atoms with Crippen LogP contribution in [0.4, 0.5) is 0 Å². The van der Waals surface area contributed by atoms with E-state index in [1.54, 1.807) is 0 Å². The fourth-order valence-corrected chi connectivity index (χ4v) is 3.00. The van der Waals surface area contributed by atoms with E-state index in [9.17, 15) is 0 Å². The molecule has 2 fully saturated rings. The number of likely N-dealkylation sites (tertiary alicyclic amines) is 1. The maximum Gasteiger partial charge on any atom is 0.0960 e. The molecule has 0 aromatic rings. The van der Waals surface area contributed by atoms with Crippen LogP contribution >= 0.6 is 0 Å². The molecule has 2 rings (SSSR count). The molecular formula is C13H24N2. The van der Waals surface area contributed by atoms with Crippen molar-refractivity contribution in [1.82, 2.24) is 4.90 Å². The highest BCUT2D eigenvalue weighted by molar-refractivity contribution is 5.80. The van der Waals surface area contributed by atoms with Gasteiger partial charge in [-0.1, -0.05) is 32.1 Å². The summed E-state index contributed by atoms with van der Waals surface area (Å²) in [5, 5.41) is 8.03. The molecule has 0 aromatic heterocycles. The summed E-state index contributed by atoms with van der Waals surface area (Å²) in [6.45, 7) is 1.16. The van der Waals surface area contributed by atoms with E-state index in [-0.39, 0.29) is 0 Å². The van der Waals surface area contributed by atoms with Crippen LogP contribution in [0.1, 0.15) is 64.2 Å². The maximum atomic E-state index is 8.03. The molecule has 86 valence electrons. The van der Waals surface area contributed by atoms with Crippen LogP contribution in [-0.4, -0.2) is 23.3 Å². The first-order valence-corrected chi connectivity index (χ1v) is 6.72. The van der Waals surface area contributed by atoms with E-state index in [1.165, 1.54) is 57.8 Å². The largest absolute Gasteiger partial charge is 0.358 e. The van der Waals surface area contributed by atoms with E-state index in [2.05, 4.69) is 4.90 Å². The van der Waals surface area contributed by atoms with Crippen LogP contribution in [0.15, 0.2) is 0 Å². The molecule has 1 aliphatic heterocycles. The monoisotopic (exact) mass is 208 g/mol. The van der Waals surface area contributed by atoms with E-state index < -0.39 is 0 Å². The van der Waals surface area contributed by atoms with Crippen molar-refractivity contribution in [2.45, 2.75) is 70.3 Å². The van der Waals surface area contributed by atoms with Crippen LogP contribution in [0, 0.1) is 5.41 Å². The number of nitrogens with one attached hydrogen (secondary N) is 1. The average Bonchev–Trinajstić information content (AvgIpc) is 2.19. The molecule has 0 atom stereocenters. The maximum absolute atomic E-state index is 8.03. The number of nitrogens with zero attached hydrogens (tertiary/aromatic N) is 1. The highest BCUT2D eigenvalue weighted by Gasteiger charge is 2.23. The molecule has 2 aliphatic rings. The molecule has 1 aliphatic carbocycles. The van der Waals surface area contributed by atoms with Gasteiger partial charge in [0.25, 0.3) is 0 Å². The van der Waals surface area contributed by atoms with Gasteiger partial charge in [-0.05, 0) is 25.7 Å². The van der Waals surface area contributed by atoms with Crippen molar-refractivity contribution in [3.05, 3.63) is 0 Å². The van der Waals surface area contributed by atoms with Crippen molar-refractivity contribution in [3.8, 4) is 0 Å². The lowest BCUT2D eigenvalue weighted by atomic mass is 9.94. The van der Waals surface area contributed by atoms with Gasteiger partial charge in [0.05, 0.1) is 5.84 Å². The molecule has 0 aromatic carbocycles. The summed E-state index contributed by atoms with van der Waals surface area (Å²) in [6.07, 6.45) is 13.3. The number of rotatable bonds is 1. The van der Waals surface area contributed by atoms with Crippen molar-refractivity contribution in [2.75, 3.05) is 6.54 Å². The first-order valence-electron chi connectivity index (χ1n) is 6.72. The lowest BCUT2D eigenvalue weighted by molar-refractivity contribution is 0.235. The van der Waals surface area contributed by atoms with E-state index in [0.717, 1.165) is 18.8 Å². The molecule has 1 saturated carbocycles. The Morgan fingerprint density at radius 1 is 0.867 bits per heavy atom. The number of amidine groups is 1. The smallest absolute Gasteiger partial charge is 0.0960 e. The molecule has 0 spiro atoms. The lowest BCUT2D eigenvalue weighted by Crippen LogP contribution is -2.43. The van der Waals surface area contributed by atoms with Gasteiger partial charge in [-0.2, -0.15) is 0 Å². The fourth-order valence-electron chi connectivity index (χ4n) is 3.00. The van der Waals surface area contributed by atoms with Crippen LogP contribution in [-0.2, 0) is 0 Å². The molecule has 0 unspecified atom stereocenters. The van der Waals surface area contributed by atoms with Crippen molar-refractivity contribution >= 4 is 5.84 Å². The minimum atomic E-state index is 0.707. The third kappa shape index (κ3) is 2.96. The molecule has 1 heterocycles. The van der Waals surface area contributed by atoms with E-state index in [0.29, 0.717) is 6.04 Å². The summed E-state index contributed by atoms with van der Waals surface area (Å²) in [5.74, 6) is 0.923. The SMILES string of the molecule is N=C1CCCCN1C1CCCCCCC1. The van der Waals surface area contributed by atoms with Crippen LogP contribution in [0.25, 0.3) is 0 Å². The minimum Gasteiger partial charge on any atom is -0.358 e. The van der Waals surface area contributed by atoms with Crippen molar-refractivity contribution in [3.63, 3.8) is 0 Å². The lowest BCUT2D eigenvalue weighted by Gasteiger charge is -2.37. The van der Waals surface area contributed by atoms with Crippen molar-refractivity contribution in [1.29, 1.82) is 5.41 Å². The Hall–Kier alpha value is -0.530. The summed E-state index contributed by atoms with van der Waals surface area (Å²) in [5.41, 5.74) is 0. The third-order valence-electron chi connectivity index (χ3n) is 3.92. The van der Waals surface area contributed by atoms with E-state index in [1.807, 2.05) is 0 Å². The van der Waals surface area contributed by atoms with E-state index in [4.69, 9.17) is 5.41 Å². The third-order valence-corrected chi connectivity index (χ3v) is 3.92. The second kappa shape index (κ2) is 5.53. The highest BCUT2D eigenvalue weighted by Crippen LogP contribution is 2.24. The van der Waals surface area contributed by atoms with Gasteiger partial charge in [0.1, 0.15) is 0 Å². The fraction of sp³-hybridized carbons (Fsp3) is 0.923. The zero-order valence-electron chi connectivity index (χ0n) is 9.80. The summed E-state index contributed by atoms with van der Waals surface area (Å²) in [6, 6.07) is 0.707. The van der Waals surface area contributed by atoms with Gasteiger partial charge in [-0.25, -0.2) is 0 Å². The normalized spacial score (nSPS) is 26.1. The Morgan fingerprint density at radius 3 is 2.20 bits per heavy atom. The molecule has 15 heavy (non-hydrogen) atoms. The molecule has 2 nitrogen and oxygen atoms in total. The number of piperidine rings is 1. The molecule has 0 bridgehead atoms. The Balaban J connectivity index is 1.90. The Morgan fingerprint density at radius 2 is 1.53 bits per heavy atom. The average molecular weight is 208 g/mol. The van der Waals surface area contributed by atoms with Crippen molar-refractivity contribution < 1.29 is 0 Å². The predicted molar refractivity (Wildman–Crippen MR) is 64.4 cm³/mol. The minimum absolute atomic E-state index is 0.707. The van der Waals surface area contributed by atoms with Gasteiger partial charge in [0.2, 0.25) is 0 Å². The first kappa shape index (κ1) is 11.0. The van der Waals surface area contributed by atoms with Crippen LogP contribution in [0.3, 0.4) is 0 Å². The number of hydrogen-bond acceptors (Lipinski definition) is 1. The summed E-state index contributed by atoms with van der Waals surface area (Å²) >= 11 is 0. The summed E-state index contributed by atoms with van der Waals surface area (Å²) < 4.78 is 0. The summed E-state index contributed by atoms with van der Waals surface area (Å²) in [4.78, 5) is 2.41. The van der Waals surface area contributed by atoms with Gasteiger partial charge in [-0.3, -0.25) is 5.41 Å². The second-order valence-electron chi connectivity index (χ2n) is 5.10. The van der Waals surface area contributed by atoms with Gasteiger partial charge in [-0.15, -0.1) is 0 Å². The van der Waals surface area contributed by atoms with Crippen LogP contribution in [0.5, 0.6) is 0 Å². The Labute approximate surface area is 93.6 Å². The molecule has 1 saturated heterocycles. The molecule has 1 N–H and O–H groups in total. The van der Waals surface area contributed by atoms with Crippen molar-refractivity contribution in [2.24, 2.45) is 0 Å². The topological polar surface area (TPSA) is 27.1 Å². The van der Waals surface area contributed by atoms with Gasteiger partial charge < -0.3 is 4.90 Å². The zero-order valence-corrected chi connectivity index (χ0v) is 9.80. The molecule has 0 amide bonds. The first-order chi connectivity index (χ1) is 7.38. The Kier molecular flexibility index (Phi) is 4.04. The quantitative estimate of drug-likeness (QED) is 0.701. The summed E-state index contributed by atoms with van der Waals surface area (Å²) in [7, 11) is 0. The molecule has 2 heteroatoms. The zero-order chi connectivity index (χ0) is 10.5. The predicted octanol–water partition coefficient (Wildman–Crippen LogP) is 3.56.